The van der Waals surface area contributed by atoms with E-state index in [4.69, 9.17) is 5.73 Å². The number of anilines is 2. The summed E-state index contributed by atoms with van der Waals surface area (Å²) in [7, 11) is 0. The maximum Gasteiger partial charge on any atom is 0.183 e. The first-order valence-corrected chi connectivity index (χ1v) is 5.40. The van der Waals surface area contributed by atoms with Gasteiger partial charge in [0.1, 0.15) is 0 Å². The second kappa shape index (κ2) is 5.17. The molecule has 2 aromatic rings. The van der Waals surface area contributed by atoms with Crippen molar-refractivity contribution < 1.29 is 17.6 Å². The second-order valence-corrected chi connectivity index (χ2v) is 3.93. The number of nitrogens with one attached hydrogen (secondary N) is 1. The highest BCUT2D eigenvalue weighted by Gasteiger charge is 2.11. The Morgan fingerprint density at radius 2 is 1.58 bits per heavy atom. The molecule has 0 atom stereocenters. The van der Waals surface area contributed by atoms with Gasteiger partial charge < -0.3 is 11.1 Å². The molecule has 0 heterocycles. The summed E-state index contributed by atoms with van der Waals surface area (Å²) in [5.41, 5.74) is 5.71. The smallest absolute Gasteiger partial charge is 0.183 e. The monoisotopic (exact) mass is 270 g/mol. The third-order valence-electron chi connectivity index (χ3n) is 2.58. The molecule has 0 amide bonds. The number of halogens is 4. The molecule has 0 saturated carbocycles. The highest BCUT2D eigenvalue weighted by molar-refractivity contribution is 5.66. The van der Waals surface area contributed by atoms with Crippen LogP contribution in [0.15, 0.2) is 30.3 Å². The summed E-state index contributed by atoms with van der Waals surface area (Å²) < 4.78 is 52.2. The predicted octanol–water partition coefficient (Wildman–Crippen LogP) is 3.44. The second-order valence-electron chi connectivity index (χ2n) is 3.93. The summed E-state index contributed by atoms with van der Waals surface area (Å²) in [4.78, 5) is 0. The maximum absolute atomic E-state index is 13.5. The number of nitrogen functional groups attached to an aromatic ring is 1. The van der Waals surface area contributed by atoms with Crippen LogP contribution < -0.4 is 11.1 Å². The van der Waals surface area contributed by atoms with Crippen LogP contribution in [-0.4, -0.2) is 0 Å². The average Bonchev–Trinajstić information content (AvgIpc) is 2.38. The Bertz CT molecular complexity index is 614. The molecule has 0 saturated heterocycles. The van der Waals surface area contributed by atoms with Gasteiger partial charge in [-0.15, -0.1) is 0 Å². The Kier molecular flexibility index (Phi) is 3.59. The van der Waals surface area contributed by atoms with Crippen LogP contribution in [0, 0.1) is 23.3 Å². The van der Waals surface area contributed by atoms with Crippen molar-refractivity contribution in [2.45, 2.75) is 6.54 Å². The van der Waals surface area contributed by atoms with Gasteiger partial charge in [0, 0.05) is 6.54 Å². The van der Waals surface area contributed by atoms with Crippen LogP contribution >= 0.6 is 0 Å². The molecule has 3 N–H and O–H groups in total. The van der Waals surface area contributed by atoms with Crippen LogP contribution in [0.1, 0.15) is 5.56 Å². The summed E-state index contributed by atoms with van der Waals surface area (Å²) >= 11 is 0. The molecular formula is C13H10F4N2. The molecule has 2 aromatic carbocycles. The fraction of sp³-hybridized carbons (Fsp3) is 0.0769. The van der Waals surface area contributed by atoms with Crippen molar-refractivity contribution in [3.8, 4) is 0 Å². The fourth-order valence-electron chi connectivity index (χ4n) is 1.59. The number of nitrogens with two attached hydrogens (primary N) is 1. The minimum atomic E-state index is -1.11. The highest BCUT2D eigenvalue weighted by atomic mass is 19.2. The van der Waals surface area contributed by atoms with Gasteiger partial charge in [-0.1, -0.05) is 6.07 Å². The zero-order valence-electron chi connectivity index (χ0n) is 9.68. The molecule has 0 fully saturated rings. The lowest BCUT2D eigenvalue weighted by Crippen LogP contribution is -2.06. The molecular weight excluding hydrogens is 260 g/mol. The molecule has 19 heavy (non-hydrogen) atoms. The SMILES string of the molecule is Nc1ccc(F)c(F)c1NCc1ccc(F)c(F)c1. The molecule has 0 aliphatic rings. The summed E-state index contributed by atoms with van der Waals surface area (Å²) in [6.45, 7) is -0.0121. The first kappa shape index (κ1) is 13.2. The van der Waals surface area contributed by atoms with Crippen molar-refractivity contribution in [3.05, 3.63) is 59.2 Å². The quantitative estimate of drug-likeness (QED) is 0.662. The number of hydrogen-bond donors (Lipinski definition) is 2. The Morgan fingerprint density at radius 1 is 0.895 bits per heavy atom. The first-order chi connectivity index (χ1) is 8.99. The maximum atomic E-state index is 13.5. The van der Waals surface area contributed by atoms with Gasteiger partial charge in [-0.25, -0.2) is 17.6 Å². The predicted molar refractivity (Wildman–Crippen MR) is 64.5 cm³/mol. The zero-order valence-corrected chi connectivity index (χ0v) is 9.68. The zero-order chi connectivity index (χ0) is 14.0. The summed E-state index contributed by atoms with van der Waals surface area (Å²) in [6.07, 6.45) is 0. The first-order valence-electron chi connectivity index (χ1n) is 5.40. The van der Waals surface area contributed by atoms with E-state index < -0.39 is 23.3 Å². The van der Waals surface area contributed by atoms with Crippen molar-refractivity contribution >= 4 is 11.4 Å². The Morgan fingerprint density at radius 3 is 2.26 bits per heavy atom. The molecule has 0 aromatic heterocycles. The number of hydrogen-bond acceptors (Lipinski definition) is 2. The molecule has 6 heteroatoms. The van der Waals surface area contributed by atoms with Crippen LogP contribution in [0.4, 0.5) is 28.9 Å². The minimum absolute atomic E-state index is 0.0121. The van der Waals surface area contributed by atoms with E-state index in [1.165, 1.54) is 12.1 Å². The summed E-state index contributed by atoms with van der Waals surface area (Å²) in [5.74, 6) is -4.13. The van der Waals surface area contributed by atoms with Crippen molar-refractivity contribution in [3.63, 3.8) is 0 Å². The van der Waals surface area contributed by atoms with Crippen molar-refractivity contribution in [1.29, 1.82) is 0 Å². The molecule has 0 bridgehead atoms. The van der Waals surface area contributed by atoms with Gasteiger partial charge in [-0.05, 0) is 29.8 Å². The molecule has 0 spiro atoms. The van der Waals surface area contributed by atoms with E-state index >= 15 is 0 Å². The largest absolute Gasteiger partial charge is 0.397 e. The van der Waals surface area contributed by atoms with Gasteiger partial charge in [0.25, 0.3) is 0 Å². The van der Waals surface area contributed by atoms with Crippen LogP contribution in [0.2, 0.25) is 0 Å². The van der Waals surface area contributed by atoms with Gasteiger partial charge >= 0.3 is 0 Å². The third kappa shape index (κ3) is 2.78. The minimum Gasteiger partial charge on any atom is -0.397 e. The molecule has 0 unspecified atom stereocenters. The van der Waals surface area contributed by atoms with E-state index in [9.17, 15) is 17.6 Å². The van der Waals surface area contributed by atoms with Gasteiger partial charge in [0.2, 0.25) is 0 Å². The lowest BCUT2D eigenvalue weighted by molar-refractivity contribution is 0.507. The van der Waals surface area contributed by atoms with E-state index in [0.717, 1.165) is 18.2 Å². The molecule has 0 radical (unpaired) electrons. The number of benzene rings is 2. The normalized spacial score (nSPS) is 10.5. The molecule has 0 aliphatic heterocycles. The molecule has 2 rings (SSSR count). The average molecular weight is 270 g/mol. The van der Waals surface area contributed by atoms with Crippen LogP contribution in [-0.2, 0) is 6.54 Å². The van der Waals surface area contributed by atoms with Crippen LogP contribution in [0.3, 0.4) is 0 Å². The van der Waals surface area contributed by atoms with E-state index in [0.29, 0.717) is 5.56 Å². The molecule has 2 nitrogen and oxygen atoms in total. The Labute approximate surface area is 106 Å². The lowest BCUT2D eigenvalue weighted by Gasteiger charge is -2.11. The highest BCUT2D eigenvalue weighted by Crippen LogP contribution is 2.25. The Hall–Kier alpha value is -2.24. The fourth-order valence-corrected chi connectivity index (χ4v) is 1.59. The van der Waals surface area contributed by atoms with E-state index in [1.807, 2.05) is 0 Å². The molecule has 100 valence electrons. The van der Waals surface area contributed by atoms with Crippen LogP contribution in [0.5, 0.6) is 0 Å². The summed E-state index contributed by atoms with van der Waals surface area (Å²) in [5, 5.41) is 2.56. The van der Waals surface area contributed by atoms with Crippen molar-refractivity contribution in [2.75, 3.05) is 11.1 Å². The standard InChI is InChI=1S/C13H10F4N2/c14-8-2-1-7(5-10(8)16)6-19-13-11(18)4-3-9(15)12(13)17/h1-5,19H,6,18H2. The third-order valence-corrected chi connectivity index (χ3v) is 2.58. The van der Waals surface area contributed by atoms with Gasteiger partial charge in [-0.3, -0.25) is 0 Å². The van der Waals surface area contributed by atoms with E-state index in [2.05, 4.69) is 5.32 Å². The summed E-state index contributed by atoms with van der Waals surface area (Å²) in [6, 6.07) is 5.38. The molecule has 0 aliphatic carbocycles. The van der Waals surface area contributed by atoms with Gasteiger partial charge in [-0.2, -0.15) is 0 Å². The number of rotatable bonds is 3. The van der Waals surface area contributed by atoms with Gasteiger partial charge in [0.15, 0.2) is 23.3 Å². The topological polar surface area (TPSA) is 38.0 Å². The van der Waals surface area contributed by atoms with Crippen molar-refractivity contribution in [1.82, 2.24) is 0 Å². The van der Waals surface area contributed by atoms with E-state index in [-0.39, 0.29) is 17.9 Å². The van der Waals surface area contributed by atoms with Crippen LogP contribution in [0.25, 0.3) is 0 Å². The lowest BCUT2D eigenvalue weighted by atomic mass is 10.2. The van der Waals surface area contributed by atoms with Crippen molar-refractivity contribution in [2.24, 2.45) is 0 Å². The van der Waals surface area contributed by atoms with Gasteiger partial charge in [0.05, 0.1) is 11.4 Å². The van der Waals surface area contributed by atoms with E-state index in [1.54, 1.807) is 0 Å². The Balaban J connectivity index is 2.19.